The Bertz CT molecular complexity index is 570. The summed E-state index contributed by atoms with van der Waals surface area (Å²) in [7, 11) is 0. The fourth-order valence-corrected chi connectivity index (χ4v) is 1.75. The minimum atomic E-state index is -0.297. The van der Waals surface area contributed by atoms with Crippen molar-refractivity contribution in [1.29, 1.82) is 5.26 Å². The average molecular weight is 246 g/mol. The topological polar surface area (TPSA) is 23.8 Å². The molecule has 0 N–H and O–H groups in total. The molecule has 84 valence electrons. The lowest BCUT2D eigenvalue weighted by molar-refractivity contribution is 0.631. The predicted molar refractivity (Wildman–Crippen MR) is 66.2 cm³/mol. The van der Waals surface area contributed by atoms with Crippen LogP contribution in [0.2, 0.25) is 5.02 Å². The second kappa shape index (κ2) is 4.99. The Morgan fingerprint density at radius 1 is 1.12 bits per heavy atom. The highest BCUT2D eigenvalue weighted by Crippen LogP contribution is 2.25. The van der Waals surface area contributed by atoms with E-state index in [1.165, 1.54) is 6.07 Å². The first-order chi connectivity index (χ1) is 8.20. The second-order valence-corrected chi connectivity index (χ2v) is 4.09. The van der Waals surface area contributed by atoms with Gasteiger partial charge in [-0.25, -0.2) is 4.39 Å². The van der Waals surface area contributed by atoms with Crippen LogP contribution in [0.3, 0.4) is 0 Å². The Morgan fingerprint density at radius 3 is 2.47 bits per heavy atom. The molecule has 0 bridgehead atoms. The first-order valence-electron chi connectivity index (χ1n) is 5.12. The van der Waals surface area contributed by atoms with Gasteiger partial charge in [0.15, 0.2) is 0 Å². The van der Waals surface area contributed by atoms with E-state index in [0.29, 0.717) is 10.6 Å². The monoisotopic (exact) mass is 245 g/mol. The van der Waals surface area contributed by atoms with E-state index in [1.54, 1.807) is 36.4 Å². The maximum absolute atomic E-state index is 13.7. The number of nitrogens with zero attached hydrogens (tertiary/aromatic N) is 1. The maximum atomic E-state index is 13.7. The predicted octanol–water partition coefficient (Wildman–Crippen LogP) is 4.21. The van der Waals surface area contributed by atoms with Crippen LogP contribution in [-0.4, -0.2) is 0 Å². The third kappa shape index (κ3) is 2.64. The van der Waals surface area contributed by atoms with Crippen molar-refractivity contribution < 1.29 is 4.39 Å². The molecule has 2 aromatic carbocycles. The number of benzene rings is 2. The molecule has 2 rings (SSSR count). The van der Waals surface area contributed by atoms with Crippen LogP contribution >= 0.6 is 11.6 Å². The molecule has 0 saturated carbocycles. The number of nitriles is 1. The summed E-state index contributed by atoms with van der Waals surface area (Å²) in [4.78, 5) is 0. The van der Waals surface area contributed by atoms with E-state index in [2.05, 4.69) is 0 Å². The van der Waals surface area contributed by atoms with Crippen molar-refractivity contribution >= 4 is 11.6 Å². The van der Waals surface area contributed by atoms with Crippen molar-refractivity contribution in [2.75, 3.05) is 0 Å². The molecule has 0 unspecified atom stereocenters. The van der Waals surface area contributed by atoms with Gasteiger partial charge in [-0.3, -0.25) is 0 Å². The van der Waals surface area contributed by atoms with Gasteiger partial charge in [0.05, 0.1) is 12.5 Å². The van der Waals surface area contributed by atoms with Gasteiger partial charge in [0, 0.05) is 10.6 Å². The highest BCUT2D eigenvalue weighted by molar-refractivity contribution is 6.30. The van der Waals surface area contributed by atoms with Gasteiger partial charge >= 0.3 is 0 Å². The van der Waals surface area contributed by atoms with E-state index in [0.717, 1.165) is 11.1 Å². The zero-order valence-electron chi connectivity index (χ0n) is 8.95. The Balaban J connectivity index is 2.47. The molecule has 0 aliphatic carbocycles. The van der Waals surface area contributed by atoms with Crippen molar-refractivity contribution in [2.45, 2.75) is 6.42 Å². The first-order valence-corrected chi connectivity index (χ1v) is 5.50. The van der Waals surface area contributed by atoms with E-state index in [1.807, 2.05) is 6.07 Å². The molecule has 17 heavy (non-hydrogen) atoms. The van der Waals surface area contributed by atoms with Crippen LogP contribution in [-0.2, 0) is 6.42 Å². The normalized spacial score (nSPS) is 9.94. The van der Waals surface area contributed by atoms with E-state index in [4.69, 9.17) is 16.9 Å². The summed E-state index contributed by atoms with van der Waals surface area (Å²) < 4.78 is 13.7. The van der Waals surface area contributed by atoms with Gasteiger partial charge in [-0.05, 0) is 35.4 Å². The fourth-order valence-electron chi connectivity index (χ4n) is 1.62. The van der Waals surface area contributed by atoms with Crippen LogP contribution in [0, 0.1) is 17.1 Å². The molecule has 0 aliphatic rings. The summed E-state index contributed by atoms with van der Waals surface area (Å²) in [5, 5.41) is 9.24. The zero-order valence-corrected chi connectivity index (χ0v) is 9.71. The Labute approximate surface area is 104 Å². The molecule has 2 aromatic rings. The van der Waals surface area contributed by atoms with Crippen LogP contribution in [0.15, 0.2) is 42.5 Å². The summed E-state index contributed by atoms with van der Waals surface area (Å²) >= 11 is 5.78. The average Bonchev–Trinajstić information content (AvgIpc) is 2.33. The van der Waals surface area contributed by atoms with Crippen LogP contribution in [0.1, 0.15) is 5.56 Å². The van der Waals surface area contributed by atoms with E-state index in [-0.39, 0.29) is 12.2 Å². The molecule has 0 aromatic heterocycles. The molecule has 0 aliphatic heterocycles. The third-order valence-corrected chi connectivity index (χ3v) is 2.72. The third-order valence-electron chi connectivity index (χ3n) is 2.47. The van der Waals surface area contributed by atoms with E-state index < -0.39 is 0 Å². The summed E-state index contributed by atoms with van der Waals surface area (Å²) in [6.45, 7) is 0. The highest BCUT2D eigenvalue weighted by Gasteiger charge is 2.06. The van der Waals surface area contributed by atoms with Gasteiger partial charge in [-0.1, -0.05) is 29.8 Å². The lowest BCUT2D eigenvalue weighted by Crippen LogP contribution is -1.88. The highest BCUT2D eigenvalue weighted by atomic mass is 35.5. The van der Waals surface area contributed by atoms with Gasteiger partial charge in [-0.15, -0.1) is 0 Å². The van der Waals surface area contributed by atoms with Crippen molar-refractivity contribution in [3.8, 4) is 17.2 Å². The number of hydrogen-bond donors (Lipinski definition) is 0. The Hall–Kier alpha value is -1.85. The lowest BCUT2D eigenvalue weighted by Gasteiger charge is -2.05. The molecule has 0 atom stereocenters. The molecule has 0 spiro atoms. The molecule has 0 amide bonds. The molecule has 0 radical (unpaired) electrons. The van der Waals surface area contributed by atoms with Crippen molar-refractivity contribution in [3.63, 3.8) is 0 Å². The van der Waals surface area contributed by atoms with Gasteiger partial charge in [0.1, 0.15) is 5.82 Å². The van der Waals surface area contributed by atoms with Crippen LogP contribution in [0.25, 0.3) is 11.1 Å². The minimum absolute atomic E-state index is 0.279. The van der Waals surface area contributed by atoms with Crippen LogP contribution in [0.4, 0.5) is 4.39 Å². The van der Waals surface area contributed by atoms with Gasteiger partial charge < -0.3 is 0 Å². The summed E-state index contributed by atoms with van der Waals surface area (Å²) in [5.41, 5.74) is 2.06. The van der Waals surface area contributed by atoms with Gasteiger partial charge in [-0.2, -0.15) is 5.26 Å². The zero-order chi connectivity index (χ0) is 12.3. The first kappa shape index (κ1) is 11.6. The minimum Gasteiger partial charge on any atom is -0.206 e. The summed E-state index contributed by atoms with van der Waals surface area (Å²) in [6.07, 6.45) is 0.279. The summed E-state index contributed by atoms with van der Waals surface area (Å²) in [5.74, 6) is -0.297. The standard InChI is InChI=1S/C14H9ClFN/c15-12-4-2-11(3-5-12)13-9-10(7-8-17)1-6-14(13)16/h1-6,9H,7H2. The maximum Gasteiger partial charge on any atom is 0.131 e. The molecular weight excluding hydrogens is 237 g/mol. The Morgan fingerprint density at radius 2 is 1.82 bits per heavy atom. The molecule has 0 heterocycles. The van der Waals surface area contributed by atoms with Gasteiger partial charge in [0.25, 0.3) is 0 Å². The van der Waals surface area contributed by atoms with Crippen molar-refractivity contribution in [1.82, 2.24) is 0 Å². The molecular formula is C14H9ClFN. The number of rotatable bonds is 2. The molecule has 3 heteroatoms. The quantitative estimate of drug-likeness (QED) is 0.777. The van der Waals surface area contributed by atoms with Gasteiger partial charge in [0.2, 0.25) is 0 Å². The fraction of sp³-hybridized carbons (Fsp3) is 0.0714. The van der Waals surface area contributed by atoms with E-state index >= 15 is 0 Å². The summed E-state index contributed by atoms with van der Waals surface area (Å²) in [6, 6.07) is 13.7. The van der Waals surface area contributed by atoms with Crippen molar-refractivity contribution in [2.24, 2.45) is 0 Å². The molecule has 0 fully saturated rings. The SMILES string of the molecule is N#CCc1ccc(F)c(-c2ccc(Cl)cc2)c1. The number of hydrogen-bond acceptors (Lipinski definition) is 1. The Kier molecular flexibility index (Phi) is 3.41. The van der Waals surface area contributed by atoms with E-state index in [9.17, 15) is 4.39 Å². The largest absolute Gasteiger partial charge is 0.206 e. The lowest BCUT2D eigenvalue weighted by atomic mass is 10.0. The van der Waals surface area contributed by atoms with Crippen molar-refractivity contribution in [3.05, 3.63) is 58.9 Å². The molecule has 0 saturated heterocycles. The number of halogens is 2. The molecule has 1 nitrogen and oxygen atoms in total. The van der Waals surface area contributed by atoms with Crippen LogP contribution in [0.5, 0.6) is 0 Å². The van der Waals surface area contributed by atoms with Crippen LogP contribution < -0.4 is 0 Å². The second-order valence-electron chi connectivity index (χ2n) is 3.66. The smallest absolute Gasteiger partial charge is 0.131 e.